The van der Waals surface area contributed by atoms with Gasteiger partial charge in [-0.25, -0.2) is 0 Å². The molecule has 1 fully saturated rings. The van der Waals surface area contributed by atoms with E-state index in [4.69, 9.17) is 4.74 Å². The fourth-order valence-electron chi connectivity index (χ4n) is 2.67. The van der Waals surface area contributed by atoms with Crippen molar-refractivity contribution >= 4 is 16.5 Å². The molecule has 0 bridgehead atoms. The first-order valence-electron chi connectivity index (χ1n) is 7.02. The zero-order valence-electron chi connectivity index (χ0n) is 11.7. The monoisotopic (exact) mass is 289 g/mol. The summed E-state index contributed by atoms with van der Waals surface area (Å²) in [5, 5.41) is 34.8. The van der Waals surface area contributed by atoms with Gasteiger partial charge in [-0.1, -0.05) is 36.4 Å². The van der Waals surface area contributed by atoms with Gasteiger partial charge in [0.25, 0.3) is 0 Å². The predicted molar refractivity (Wildman–Crippen MR) is 79.9 cm³/mol. The molecule has 1 heterocycles. The number of fused-ring (bicyclic) bond motifs is 1. The molecule has 112 valence electrons. The van der Waals surface area contributed by atoms with E-state index in [9.17, 15) is 15.3 Å². The number of benzene rings is 2. The number of ether oxygens (including phenoxy) is 1. The van der Waals surface area contributed by atoms with Crippen molar-refractivity contribution in [2.75, 3.05) is 5.32 Å². The lowest BCUT2D eigenvalue weighted by Gasteiger charge is -2.40. The number of rotatable bonds is 2. The van der Waals surface area contributed by atoms with Crippen molar-refractivity contribution in [1.82, 2.24) is 0 Å². The Hall–Kier alpha value is -1.66. The third-order valence-electron chi connectivity index (χ3n) is 3.94. The molecule has 0 unspecified atom stereocenters. The van der Waals surface area contributed by atoms with Crippen LogP contribution in [0.15, 0.2) is 42.5 Å². The second kappa shape index (κ2) is 5.61. The van der Waals surface area contributed by atoms with Crippen molar-refractivity contribution in [3.63, 3.8) is 0 Å². The highest BCUT2D eigenvalue weighted by Crippen LogP contribution is 2.27. The lowest BCUT2D eigenvalue weighted by Crippen LogP contribution is -2.58. The number of nitrogens with one attached hydrogen (secondary N) is 1. The average Bonchev–Trinajstić information content (AvgIpc) is 2.51. The third kappa shape index (κ3) is 2.61. The Bertz CT molecular complexity index is 627. The summed E-state index contributed by atoms with van der Waals surface area (Å²) in [5.41, 5.74) is 0.813. The normalized spacial score (nSPS) is 33.0. The minimum Gasteiger partial charge on any atom is -0.388 e. The topological polar surface area (TPSA) is 82.0 Å². The zero-order chi connectivity index (χ0) is 15.0. The quantitative estimate of drug-likeness (QED) is 0.665. The Balaban J connectivity index is 1.88. The molecule has 5 heteroatoms. The van der Waals surface area contributed by atoms with Gasteiger partial charge in [-0.3, -0.25) is 0 Å². The molecule has 21 heavy (non-hydrogen) atoms. The first-order valence-corrected chi connectivity index (χ1v) is 7.02. The van der Waals surface area contributed by atoms with Crippen LogP contribution < -0.4 is 5.32 Å². The van der Waals surface area contributed by atoms with Crippen molar-refractivity contribution < 1.29 is 20.1 Å². The Morgan fingerprint density at radius 3 is 2.43 bits per heavy atom. The molecule has 0 spiro atoms. The summed E-state index contributed by atoms with van der Waals surface area (Å²) in [6.07, 6.45) is -4.86. The first-order chi connectivity index (χ1) is 10.1. The van der Waals surface area contributed by atoms with E-state index in [0.29, 0.717) is 0 Å². The number of aliphatic hydroxyl groups is 3. The van der Waals surface area contributed by atoms with E-state index in [1.807, 2.05) is 42.5 Å². The maximum absolute atomic E-state index is 10.1. The Morgan fingerprint density at radius 1 is 0.905 bits per heavy atom. The van der Waals surface area contributed by atoms with E-state index < -0.39 is 30.6 Å². The summed E-state index contributed by atoms with van der Waals surface area (Å²) in [6, 6.07) is 13.7. The van der Waals surface area contributed by atoms with E-state index in [2.05, 4.69) is 5.32 Å². The van der Waals surface area contributed by atoms with Gasteiger partial charge in [0.1, 0.15) is 18.3 Å². The zero-order valence-corrected chi connectivity index (χ0v) is 11.7. The molecular weight excluding hydrogens is 270 g/mol. The fraction of sp³-hybridized carbons (Fsp3) is 0.375. The molecule has 2 aromatic rings. The van der Waals surface area contributed by atoms with E-state index >= 15 is 0 Å². The van der Waals surface area contributed by atoms with Gasteiger partial charge < -0.3 is 25.4 Å². The molecule has 1 saturated heterocycles. The van der Waals surface area contributed by atoms with Crippen molar-refractivity contribution in [3.8, 4) is 0 Å². The molecule has 0 saturated carbocycles. The Kier molecular flexibility index (Phi) is 3.82. The number of anilines is 1. The maximum atomic E-state index is 10.1. The Labute approximate surface area is 122 Å². The van der Waals surface area contributed by atoms with Gasteiger partial charge in [0.15, 0.2) is 6.23 Å². The van der Waals surface area contributed by atoms with E-state index in [1.54, 1.807) is 6.92 Å². The molecule has 5 atom stereocenters. The second-order valence-electron chi connectivity index (χ2n) is 5.40. The molecule has 5 nitrogen and oxygen atoms in total. The van der Waals surface area contributed by atoms with Crippen molar-refractivity contribution in [1.29, 1.82) is 0 Å². The van der Waals surface area contributed by atoms with Crippen LogP contribution in [0.5, 0.6) is 0 Å². The molecule has 1 aliphatic heterocycles. The van der Waals surface area contributed by atoms with E-state index in [0.717, 1.165) is 16.5 Å². The largest absolute Gasteiger partial charge is 0.388 e. The van der Waals surface area contributed by atoms with Gasteiger partial charge in [0, 0.05) is 11.1 Å². The summed E-state index contributed by atoms with van der Waals surface area (Å²) in [4.78, 5) is 0. The summed E-state index contributed by atoms with van der Waals surface area (Å²) < 4.78 is 5.56. The molecule has 3 rings (SSSR count). The summed E-state index contributed by atoms with van der Waals surface area (Å²) in [7, 11) is 0. The SMILES string of the molecule is C[C@@H]1O[C@@H](Nc2cccc3ccccc23)[C@H](O)[C@H](O)[C@@H]1O. The molecule has 0 radical (unpaired) electrons. The van der Waals surface area contributed by atoms with Crippen LogP contribution in [0.4, 0.5) is 5.69 Å². The van der Waals surface area contributed by atoms with Gasteiger partial charge in [-0.2, -0.15) is 0 Å². The molecule has 4 N–H and O–H groups in total. The molecule has 0 aromatic heterocycles. The predicted octanol–water partition coefficient (Wildman–Crippen LogP) is 1.08. The van der Waals surface area contributed by atoms with Crippen LogP contribution in [0.1, 0.15) is 6.92 Å². The van der Waals surface area contributed by atoms with Gasteiger partial charge in [0.2, 0.25) is 0 Å². The third-order valence-corrected chi connectivity index (χ3v) is 3.94. The van der Waals surface area contributed by atoms with Gasteiger partial charge >= 0.3 is 0 Å². The van der Waals surface area contributed by atoms with Crippen LogP contribution in [0, 0.1) is 0 Å². The molecule has 1 aliphatic rings. The highest BCUT2D eigenvalue weighted by molar-refractivity contribution is 5.93. The summed E-state index contributed by atoms with van der Waals surface area (Å²) >= 11 is 0. The van der Waals surface area contributed by atoms with Crippen LogP contribution in [-0.2, 0) is 4.74 Å². The summed E-state index contributed by atoms with van der Waals surface area (Å²) in [5.74, 6) is 0. The highest BCUT2D eigenvalue weighted by atomic mass is 16.5. The second-order valence-corrected chi connectivity index (χ2v) is 5.40. The lowest BCUT2D eigenvalue weighted by atomic mass is 9.98. The lowest BCUT2D eigenvalue weighted by molar-refractivity contribution is -0.209. The number of hydrogen-bond acceptors (Lipinski definition) is 5. The summed E-state index contributed by atoms with van der Waals surface area (Å²) in [6.45, 7) is 1.66. The molecule has 0 aliphatic carbocycles. The van der Waals surface area contributed by atoms with Gasteiger partial charge in [-0.05, 0) is 18.4 Å². The number of hydrogen-bond donors (Lipinski definition) is 4. The van der Waals surface area contributed by atoms with Crippen LogP contribution in [0.25, 0.3) is 10.8 Å². The van der Waals surface area contributed by atoms with Crippen molar-refractivity contribution in [2.24, 2.45) is 0 Å². The minimum atomic E-state index is -1.23. The van der Waals surface area contributed by atoms with Crippen LogP contribution in [0.3, 0.4) is 0 Å². The van der Waals surface area contributed by atoms with Gasteiger partial charge in [-0.15, -0.1) is 0 Å². The van der Waals surface area contributed by atoms with Crippen molar-refractivity contribution in [2.45, 2.75) is 37.6 Å². The number of aliphatic hydroxyl groups excluding tert-OH is 3. The van der Waals surface area contributed by atoms with Crippen molar-refractivity contribution in [3.05, 3.63) is 42.5 Å². The molecule has 2 aromatic carbocycles. The minimum absolute atomic E-state index is 0.559. The van der Waals surface area contributed by atoms with Gasteiger partial charge in [0.05, 0.1) is 6.10 Å². The van der Waals surface area contributed by atoms with Crippen LogP contribution in [0.2, 0.25) is 0 Å². The Morgan fingerprint density at radius 2 is 1.62 bits per heavy atom. The van der Waals surface area contributed by atoms with E-state index in [1.165, 1.54) is 0 Å². The average molecular weight is 289 g/mol. The maximum Gasteiger partial charge on any atom is 0.157 e. The van der Waals surface area contributed by atoms with E-state index in [-0.39, 0.29) is 0 Å². The highest BCUT2D eigenvalue weighted by Gasteiger charge is 2.41. The molecular formula is C16H19NO4. The standard InChI is InChI=1S/C16H19NO4/c1-9-13(18)14(19)15(20)16(21-9)17-12-8-4-6-10-5-2-3-7-11(10)12/h2-9,13-20H,1H3/t9-,13+,14+,15+,16+/m0/s1. The molecule has 0 amide bonds. The fourth-order valence-corrected chi connectivity index (χ4v) is 2.67. The van der Waals surface area contributed by atoms with Crippen LogP contribution in [-0.4, -0.2) is 46.0 Å². The smallest absolute Gasteiger partial charge is 0.157 e. The first kappa shape index (κ1) is 14.3. The van der Waals surface area contributed by atoms with Crippen LogP contribution >= 0.6 is 0 Å².